The SMILES string of the molecule is COCCNC(=O)SS. The largest absolute Gasteiger partial charge is 0.383 e. The van der Waals surface area contributed by atoms with Crippen LogP contribution in [0.3, 0.4) is 0 Å². The van der Waals surface area contributed by atoms with Gasteiger partial charge in [-0.05, 0) is 0 Å². The van der Waals surface area contributed by atoms with E-state index in [-0.39, 0.29) is 5.24 Å². The van der Waals surface area contributed by atoms with E-state index >= 15 is 0 Å². The summed E-state index contributed by atoms with van der Waals surface area (Å²) in [6.45, 7) is 1.09. The molecule has 0 aromatic carbocycles. The fourth-order valence-electron chi connectivity index (χ4n) is 0.287. The van der Waals surface area contributed by atoms with Crippen LogP contribution in [0.2, 0.25) is 0 Å². The van der Waals surface area contributed by atoms with Gasteiger partial charge in [0.1, 0.15) is 0 Å². The fourth-order valence-corrected chi connectivity index (χ4v) is 0.648. The molecule has 3 nitrogen and oxygen atoms in total. The molecule has 0 unspecified atom stereocenters. The lowest BCUT2D eigenvalue weighted by atomic mass is 10.7. The van der Waals surface area contributed by atoms with Crippen LogP contribution in [0.5, 0.6) is 0 Å². The molecule has 0 aliphatic heterocycles. The lowest BCUT2D eigenvalue weighted by Crippen LogP contribution is -2.22. The molecular weight excluding hydrogens is 158 g/mol. The summed E-state index contributed by atoms with van der Waals surface area (Å²) in [5.74, 6) is 0. The molecule has 0 saturated heterocycles. The first-order valence-corrected chi connectivity index (χ1v) is 4.26. The summed E-state index contributed by atoms with van der Waals surface area (Å²) < 4.78 is 4.69. The number of rotatable bonds is 3. The Bertz CT molecular complexity index is 88.6. The van der Waals surface area contributed by atoms with E-state index in [9.17, 15) is 4.79 Å². The van der Waals surface area contributed by atoms with Gasteiger partial charge in [-0.3, -0.25) is 4.79 Å². The van der Waals surface area contributed by atoms with Crippen molar-refractivity contribution in [1.29, 1.82) is 0 Å². The van der Waals surface area contributed by atoms with Gasteiger partial charge in [0, 0.05) is 24.4 Å². The lowest BCUT2D eigenvalue weighted by molar-refractivity contribution is 0.199. The summed E-state index contributed by atoms with van der Waals surface area (Å²) in [5, 5.41) is 2.41. The van der Waals surface area contributed by atoms with E-state index in [2.05, 4.69) is 21.7 Å². The van der Waals surface area contributed by atoms with Crippen molar-refractivity contribution in [3.05, 3.63) is 0 Å². The van der Waals surface area contributed by atoms with Crippen LogP contribution in [0, 0.1) is 0 Å². The Labute approximate surface area is 63.3 Å². The third-order valence-electron chi connectivity index (χ3n) is 0.658. The smallest absolute Gasteiger partial charge is 0.289 e. The Kier molecular flexibility index (Phi) is 6.34. The van der Waals surface area contributed by atoms with Crippen molar-refractivity contribution >= 4 is 27.7 Å². The zero-order chi connectivity index (χ0) is 7.11. The van der Waals surface area contributed by atoms with Crippen molar-refractivity contribution in [1.82, 2.24) is 5.32 Å². The Morgan fingerprint density at radius 1 is 1.89 bits per heavy atom. The summed E-state index contributed by atoms with van der Waals surface area (Å²) >= 11 is 3.68. The Morgan fingerprint density at radius 3 is 3.00 bits per heavy atom. The molecule has 5 heteroatoms. The third-order valence-corrected chi connectivity index (χ3v) is 1.47. The topological polar surface area (TPSA) is 38.3 Å². The highest BCUT2D eigenvalue weighted by Gasteiger charge is 1.94. The zero-order valence-electron chi connectivity index (χ0n) is 5.09. The molecular formula is C4H9NO2S2. The van der Waals surface area contributed by atoms with Crippen molar-refractivity contribution in [3.63, 3.8) is 0 Å². The monoisotopic (exact) mass is 167 g/mol. The minimum absolute atomic E-state index is 0.143. The molecule has 1 N–H and O–H groups in total. The maximum Gasteiger partial charge on any atom is 0.289 e. The van der Waals surface area contributed by atoms with Crippen LogP contribution in [0.1, 0.15) is 0 Å². The second kappa shape index (κ2) is 6.25. The molecule has 0 heterocycles. The number of thiol groups is 1. The fraction of sp³-hybridized carbons (Fsp3) is 0.750. The number of carbonyl (C=O) groups is 1. The second-order valence-corrected chi connectivity index (χ2v) is 2.40. The molecule has 0 atom stereocenters. The van der Waals surface area contributed by atoms with Crippen molar-refractivity contribution in [2.45, 2.75) is 0 Å². The van der Waals surface area contributed by atoms with Gasteiger partial charge in [-0.1, -0.05) is 0 Å². The number of hydrogen-bond donors (Lipinski definition) is 2. The molecule has 0 fully saturated rings. The first-order valence-electron chi connectivity index (χ1n) is 2.39. The molecule has 1 amide bonds. The van der Waals surface area contributed by atoms with Crippen LogP contribution >= 0.6 is 22.5 Å². The molecule has 0 saturated carbocycles. The van der Waals surface area contributed by atoms with Crippen LogP contribution in [0.4, 0.5) is 4.79 Å². The zero-order valence-corrected chi connectivity index (χ0v) is 6.80. The number of hydrogen-bond acceptors (Lipinski definition) is 4. The van der Waals surface area contributed by atoms with Crippen LogP contribution < -0.4 is 5.32 Å². The van der Waals surface area contributed by atoms with E-state index in [4.69, 9.17) is 0 Å². The van der Waals surface area contributed by atoms with Gasteiger partial charge in [0.25, 0.3) is 5.24 Å². The van der Waals surface area contributed by atoms with E-state index in [1.54, 1.807) is 7.11 Å². The third kappa shape index (κ3) is 6.01. The summed E-state index contributed by atoms with van der Waals surface area (Å²) in [4.78, 5) is 10.4. The van der Waals surface area contributed by atoms with Gasteiger partial charge in [-0.25, -0.2) is 0 Å². The normalized spacial score (nSPS) is 9.11. The van der Waals surface area contributed by atoms with Crippen molar-refractivity contribution in [2.24, 2.45) is 0 Å². The second-order valence-electron chi connectivity index (χ2n) is 1.30. The summed E-state index contributed by atoms with van der Waals surface area (Å²) in [6.07, 6.45) is 0. The molecule has 0 rings (SSSR count). The molecule has 0 spiro atoms. The lowest BCUT2D eigenvalue weighted by Gasteiger charge is -1.98. The molecule has 0 aromatic rings. The Hall–Kier alpha value is 0.130. The average Bonchev–Trinajstić information content (AvgIpc) is 1.89. The standard InChI is InChI=1S/C4H9NO2S2/c1-7-3-2-5-4(6)9-8/h8H,2-3H2,1H3,(H,5,6). The van der Waals surface area contributed by atoms with E-state index in [0.717, 1.165) is 10.8 Å². The van der Waals surface area contributed by atoms with Gasteiger partial charge in [0.15, 0.2) is 0 Å². The van der Waals surface area contributed by atoms with Gasteiger partial charge in [-0.15, -0.1) is 11.7 Å². The average molecular weight is 167 g/mol. The molecule has 9 heavy (non-hydrogen) atoms. The predicted octanol–water partition coefficient (Wildman–Crippen LogP) is 0.920. The molecule has 0 aromatic heterocycles. The van der Waals surface area contributed by atoms with Gasteiger partial charge >= 0.3 is 0 Å². The highest BCUT2D eigenvalue weighted by Crippen LogP contribution is 2.03. The van der Waals surface area contributed by atoms with Crippen LogP contribution in [0.15, 0.2) is 0 Å². The Balaban J connectivity index is 2.97. The van der Waals surface area contributed by atoms with Crippen molar-refractivity contribution in [3.8, 4) is 0 Å². The van der Waals surface area contributed by atoms with E-state index < -0.39 is 0 Å². The number of nitrogens with one attached hydrogen (secondary N) is 1. The molecule has 0 bridgehead atoms. The number of methoxy groups -OCH3 is 1. The minimum atomic E-state index is -0.143. The van der Waals surface area contributed by atoms with Crippen molar-refractivity contribution in [2.75, 3.05) is 20.3 Å². The highest BCUT2D eigenvalue weighted by atomic mass is 33.1. The first kappa shape index (κ1) is 9.13. The maximum absolute atomic E-state index is 10.4. The predicted molar refractivity (Wildman–Crippen MR) is 41.9 cm³/mol. The molecule has 54 valence electrons. The van der Waals surface area contributed by atoms with Gasteiger partial charge in [-0.2, -0.15) is 0 Å². The highest BCUT2D eigenvalue weighted by molar-refractivity contribution is 8.74. The summed E-state index contributed by atoms with van der Waals surface area (Å²) in [6, 6.07) is 0. The molecule has 0 radical (unpaired) electrons. The minimum Gasteiger partial charge on any atom is -0.383 e. The number of amides is 1. The summed E-state index contributed by atoms with van der Waals surface area (Å²) in [5.41, 5.74) is 0. The molecule has 0 aliphatic rings. The Morgan fingerprint density at radius 2 is 2.56 bits per heavy atom. The van der Waals surface area contributed by atoms with E-state index in [1.807, 2.05) is 0 Å². The van der Waals surface area contributed by atoms with Crippen LogP contribution in [-0.2, 0) is 4.74 Å². The summed E-state index contributed by atoms with van der Waals surface area (Å²) in [7, 11) is 2.45. The van der Waals surface area contributed by atoms with Crippen molar-refractivity contribution < 1.29 is 9.53 Å². The maximum atomic E-state index is 10.4. The van der Waals surface area contributed by atoms with Gasteiger partial charge in [0.05, 0.1) is 6.61 Å². The van der Waals surface area contributed by atoms with Crippen LogP contribution in [0.25, 0.3) is 0 Å². The first-order chi connectivity index (χ1) is 4.31. The van der Waals surface area contributed by atoms with Gasteiger partial charge < -0.3 is 10.1 Å². The molecule has 0 aliphatic carbocycles. The van der Waals surface area contributed by atoms with E-state index in [0.29, 0.717) is 13.2 Å². The number of ether oxygens (including phenoxy) is 1. The van der Waals surface area contributed by atoms with Gasteiger partial charge in [0.2, 0.25) is 0 Å². The number of carbonyl (C=O) groups excluding carboxylic acids is 1. The van der Waals surface area contributed by atoms with Crippen LogP contribution in [-0.4, -0.2) is 25.5 Å². The van der Waals surface area contributed by atoms with E-state index in [1.165, 1.54) is 0 Å². The quantitative estimate of drug-likeness (QED) is 0.373.